The summed E-state index contributed by atoms with van der Waals surface area (Å²) in [5, 5.41) is 1.88. The molecule has 122 valence electrons. The maximum Gasteiger partial charge on any atom is 0.192 e. The fourth-order valence-corrected chi connectivity index (χ4v) is 2.32. The van der Waals surface area contributed by atoms with E-state index in [0.29, 0.717) is 31.4 Å². The Labute approximate surface area is 140 Å². The molecule has 1 fully saturated rings. The number of aromatic nitrogens is 2. The first kappa shape index (κ1) is 14.9. The molecule has 0 saturated heterocycles. The van der Waals surface area contributed by atoms with Crippen LogP contribution in [0.2, 0.25) is 0 Å². The lowest BCUT2D eigenvalue weighted by molar-refractivity contribution is -0.0245. The van der Waals surface area contributed by atoms with Crippen LogP contribution in [0.5, 0.6) is 11.5 Å². The van der Waals surface area contributed by atoms with E-state index in [1.807, 2.05) is 23.2 Å². The molecule has 0 atom stereocenters. The molecule has 1 aromatic carbocycles. The molecule has 1 aliphatic heterocycles. The minimum absolute atomic E-state index is 0.528. The maximum atomic E-state index is 5.79. The predicted octanol–water partition coefficient (Wildman–Crippen LogP) is 1.93. The average molecular weight is 322 g/mol. The predicted molar refractivity (Wildman–Crippen MR) is 87.7 cm³/mol. The molecule has 2 heterocycles. The molecule has 0 bridgehead atoms. The van der Waals surface area contributed by atoms with Crippen LogP contribution in [0, 0.1) is 17.8 Å². The second-order valence-electron chi connectivity index (χ2n) is 5.83. The Morgan fingerprint density at radius 1 is 1.21 bits per heavy atom. The van der Waals surface area contributed by atoms with E-state index in [1.165, 1.54) is 12.8 Å². The van der Waals surface area contributed by atoms with Crippen molar-refractivity contribution in [3.8, 4) is 23.3 Å². The topological polar surface area (TPSA) is 59.5 Å². The lowest BCUT2D eigenvalue weighted by Crippen LogP contribution is -2.43. The number of fused-ring (bicyclic) bond motifs is 1. The van der Waals surface area contributed by atoms with E-state index in [-0.39, 0.29) is 0 Å². The van der Waals surface area contributed by atoms with Gasteiger partial charge in [0.2, 0.25) is 0 Å². The number of rotatable bonds is 2. The first-order valence-corrected chi connectivity index (χ1v) is 8.08. The van der Waals surface area contributed by atoms with Gasteiger partial charge in [-0.15, -0.1) is 0 Å². The number of hydrazine groups is 1. The van der Waals surface area contributed by atoms with Gasteiger partial charge in [-0.05, 0) is 31.0 Å². The van der Waals surface area contributed by atoms with Crippen LogP contribution < -0.4 is 15.2 Å². The highest BCUT2D eigenvalue weighted by Crippen LogP contribution is 2.30. The highest BCUT2D eigenvalue weighted by atomic mass is 16.7. The normalized spacial score (nSPS) is 17.3. The maximum absolute atomic E-state index is 5.79. The van der Waals surface area contributed by atoms with Gasteiger partial charge in [-0.2, -0.15) is 0 Å². The van der Waals surface area contributed by atoms with E-state index in [0.717, 1.165) is 17.1 Å². The van der Waals surface area contributed by atoms with E-state index in [2.05, 4.69) is 27.4 Å². The zero-order valence-electron chi connectivity index (χ0n) is 13.2. The van der Waals surface area contributed by atoms with Crippen molar-refractivity contribution in [1.29, 1.82) is 0 Å². The summed E-state index contributed by atoms with van der Waals surface area (Å²) in [5.74, 6) is 9.10. The van der Waals surface area contributed by atoms with Crippen molar-refractivity contribution in [3.63, 3.8) is 0 Å². The third kappa shape index (κ3) is 3.82. The molecule has 0 radical (unpaired) electrons. The number of ether oxygens (including phenoxy) is 1. The fraction of sp³-hybridized carbons (Fsp3) is 0.333. The Hall–Kier alpha value is -2.62. The van der Waals surface area contributed by atoms with Crippen molar-refractivity contribution >= 4 is 0 Å². The van der Waals surface area contributed by atoms with Gasteiger partial charge >= 0.3 is 0 Å². The second kappa shape index (κ2) is 6.87. The van der Waals surface area contributed by atoms with Crippen molar-refractivity contribution < 1.29 is 9.57 Å². The third-order valence-corrected chi connectivity index (χ3v) is 3.80. The van der Waals surface area contributed by atoms with Crippen molar-refractivity contribution in [3.05, 3.63) is 48.0 Å². The van der Waals surface area contributed by atoms with Gasteiger partial charge in [-0.25, -0.2) is 15.0 Å². The van der Waals surface area contributed by atoms with Gasteiger partial charge in [0.1, 0.15) is 12.4 Å². The molecule has 1 N–H and O–H groups in total. The summed E-state index contributed by atoms with van der Waals surface area (Å²) in [5.41, 5.74) is 3.89. The van der Waals surface area contributed by atoms with Gasteiger partial charge in [0.05, 0.1) is 13.1 Å². The molecule has 6 nitrogen and oxygen atoms in total. The summed E-state index contributed by atoms with van der Waals surface area (Å²) in [6.07, 6.45) is 5.89. The van der Waals surface area contributed by atoms with Crippen LogP contribution in [-0.2, 0) is 6.54 Å². The molecule has 0 amide bonds. The number of hydrogen-bond acceptors (Lipinski definition) is 6. The van der Waals surface area contributed by atoms with Crippen LogP contribution >= 0.6 is 0 Å². The Balaban J connectivity index is 1.45. The monoisotopic (exact) mass is 322 g/mol. The smallest absolute Gasteiger partial charge is 0.192 e. The first-order valence-electron chi connectivity index (χ1n) is 8.08. The number of benzene rings is 1. The van der Waals surface area contributed by atoms with Crippen molar-refractivity contribution in [2.75, 3.05) is 13.2 Å². The lowest BCUT2D eigenvalue weighted by atomic mass is 10.2. The molecule has 0 spiro atoms. The van der Waals surface area contributed by atoms with Gasteiger partial charge in [-0.3, -0.25) is 0 Å². The summed E-state index contributed by atoms with van der Waals surface area (Å²) in [4.78, 5) is 14.2. The van der Waals surface area contributed by atoms with E-state index in [1.54, 1.807) is 18.5 Å². The quantitative estimate of drug-likeness (QED) is 0.853. The van der Waals surface area contributed by atoms with Gasteiger partial charge in [0.25, 0.3) is 0 Å². The molecule has 1 aromatic heterocycles. The SMILES string of the molecule is C(#CC1CC1)c1ccc2c(c1)ONN(Cc1ncccn1)CCO2. The van der Waals surface area contributed by atoms with Crippen molar-refractivity contribution in [2.24, 2.45) is 5.92 Å². The fourth-order valence-electron chi connectivity index (χ4n) is 2.32. The Morgan fingerprint density at radius 3 is 2.92 bits per heavy atom. The van der Waals surface area contributed by atoms with Crippen LogP contribution in [0.25, 0.3) is 0 Å². The van der Waals surface area contributed by atoms with Crippen LogP contribution in [0.4, 0.5) is 0 Å². The zero-order valence-corrected chi connectivity index (χ0v) is 13.2. The molecule has 2 aliphatic rings. The third-order valence-electron chi connectivity index (χ3n) is 3.80. The molecule has 4 rings (SSSR count). The highest BCUT2D eigenvalue weighted by Gasteiger charge is 2.18. The van der Waals surface area contributed by atoms with E-state index in [9.17, 15) is 0 Å². The summed E-state index contributed by atoms with van der Waals surface area (Å²) in [6, 6.07) is 7.57. The average Bonchev–Trinajstić information content (AvgIpc) is 3.42. The molecule has 1 saturated carbocycles. The van der Waals surface area contributed by atoms with E-state index >= 15 is 0 Å². The molecule has 0 unspecified atom stereocenters. The van der Waals surface area contributed by atoms with Gasteiger partial charge in [-0.1, -0.05) is 17.4 Å². The highest BCUT2D eigenvalue weighted by molar-refractivity contribution is 5.48. The van der Waals surface area contributed by atoms with Gasteiger partial charge < -0.3 is 9.57 Å². The standard InChI is InChI=1S/C18H18N4O2/c1-8-19-18(20-9-1)13-22-10-11-23-16-7-6-15(5-4-14-2-3-14)12-17(16)24-21-22/h1,6-9,12,14,21H,2-3,10-11,13H2. The Kier molecular flexibility index (Phi) is 4.28. The van der Waals surface area contributed by atoms with E-state index in [4.69, 9.17) is 9.57 Å². The van der Waals surface area contributed by atoms with Crippen molar-refractivity contribution in [2.45, 2.75) is 19.4 Å². The zero-order chi connectivity index (χ0) is 16.2. The van der Waals surface area contributed by atoms with Gasteiger partial charge in [0, 0.05) is 29.9 Å². The molecular formula is C18H18N4O2. The number of nitrogens with one attached hydrogen (secondary N) is 1. The molecule has 24 heavy (non-hydrogen) atoms. The van der Waals surface area contributed by atoms with Crippen LogP contribution in [0.3, 0.4) is 0 Å². The summed E-state index contributed by atoms with van der Waals surface area (Å²) >= 11 is 0. The Morgan fingerprint density at radius 2 is 2.08 bits per heavy atom. The number of nitrogens with zero attached hydrogens (tertiary/aromatic N) is 3. The molecule has 1 aliphatic carbocycles. The summed E-state index contributed by atoms with van der Waals surface area (Å²) in [7, 11) is 0. The summed E-state index contributed by atoms with van der Waals surface area (Å²) < 4.78 is 5.79. The second-order valence-corrected chi connectivity index (χ2v) is 5.83. The van der Waals surface area contributed by atoms with Gasteiger partial charge in [0.15, 0.2) is 11.5 Å². The van der Waals surface area contributed by atoms with Crippen LogP contribution in [0.15, 0.2) is 36.7 Å². The minimum atomic E-state index is 0.528. The molecule has 2 aromatic rings. The van der Waals surface area contributed by atoms with E-state index < -0.39 is 0 Å². The Bertz CT molecular complexity index is 766. The van der Waals surface area contributed by atoms with Crippen LogP contribution in [0.1, 0.15) is 24.2 Å². The largest absolute Gasteiger partial charge is 0.488 e. The lowest BCUT2D eigenvalue weighted by Gasteiger charge is -2.25. The summed E-state index contributed by atoms with van der Waals surface area (Å²) in [6.45, 7) is 1.73. The number of hydrogen-bond donors (Lipinski definition) is 1. The first-order chi connectivity index (χ1) is 11.9. The molecule has 6 heteroatoms. The molecular weight excluding hydrogens is 304 g/mol. The van der Waals surface area contributed by atoms with Crippen molar-refractivity contribution in [1.82, 2.24) is 20.6 Å². The minimum Gasteiger partial charge on any atom is -0.488 e. The van der Waals surface area contributed by atoms with Crippen LogP contribution in [-0.4, -0.2) is 28.1 Å².